The third-order valence-electron chi connectivity index (χ3n) is 4.47. The van der Waals surface area contributed by atoms with Gasteiger partial charge in [-0.25, -0.2) is 19.2 Å². The van der Waals surface area contributed by atoms with Gasteiger partial charge in [0.2, 0.25) is 0 Å². The second-order valence-corrected chi connectivity index (χ2v) is 6.24. The molecule has 0 radical (unpaired) electrons. The first-order valence-electron chi connectivity index (χ1n) is 9.10. The zero-order valence-electron chi connectivity index (χ0n) is 17.7. The molecule has 0 aliphatic heterocycles. The van der Waals surface area contributed by atoms with Gasteiger partial charge in [0.15, 0.2) is 0 Å². The Labute approximate surface area is 175 Å². The standard InChI is InChI=1S/C22H26O8/c1-7-13(2)10-8-9-11-14-12-15(19(23)27-3)17(21(25)29-5)18(22(26)30-6)16(14)20(24)28-4/h7,12H,1-2,8-11H2,3-6H3. The molecule has 162 valence electrons. The van der Waals surface area contributed by atoms with Crippen molar-refractivity contribution in [3.8, 4) is 0 Å². The van der Waals surface area contributed by atoms with Crippen molar-refractivity contribution in [3.63, 3.8) is 0 Å². The predicted molar refractivity (Wildman–Crippen MR) is 109 cm³/mol. The SMILES string of the molecule is C=CC(=C)CCCCc1cc(C(=O)OC)c(C(=O)OC)c(C(=O)OC)c1C(=O)OC. The zero-order chi connectivity index (χ0) is 22.8. The van der Waals surface area contributed by atoms with Gasteiger partial charge in [0.25, 0.3) is 0 Å². The van der Waals surface area contributed by atoms with Crippen molar-refractivity contribution >= 4 is 23.9 Å². The van der Waals surface area contributed by atoms with Gasteiger partial charge >= 0.3 is 23.9 Å². The minimum atomic E-state index is -0.991. The molecule has 0 spiro atoms. The van der Waals surface area contributed by atoms with E-state index in [0.717, 1.165) is 40.4 Å². The number of carbonyl (C=O) groups is 4. The first-order valence-corrected chi connectivity index (χ1v) is 9.10. The van der Waals surface area contributed by atoms with Crippen molar-refractivity contribution in [2.75, 3.05) is 28.4 Å². The van der Waals surface area contributed by atoms with E-state index in [2.05, 4.69) is 13.2 Å². The monoisotopic (exact) mass is 418 g/mol. The van der Waals surface area contributed by atoms with Crippen LogP contribution in [0.25, 0.3) is 0 Å². The normalized spacial score (nSPS) is 10.0. The second kappa shape index (κ2) is 11.5. The Bertz CT molecular complexity index is 866. The maximum absolute atomic E-state index is 12.6. The van der Waals surface area contributed by atoms with Gasteiger partial charge in [0.1, 0.15) is 0 Å². The van der Waals surface area contributed by atoms with Gasteiger partial charge in [-0.15, -0.1) is 0 Å². The fraction of sp³-hybridized carbons (Fsp3) is 0.364. The minimum absolute atomic E-state index is 0.153. The summed E-state index contributed by atoms with van der Waals surface area (Å²) in [6, 6.07) is 1.35. The molecule has 0 saturated heterocycles. The van der Waals surface area contributed by atoms with Crippen LogP contribution >= 0.6 is 0 Å². The van der Waals surface area contributed by atoms with E-state index in [1.54, 1.807) is 6.08 Å². The lowest BCUT2D eigenvalue weighted by atomic mass is 9.88. The third-order valence-corrected chi connectivity index (χ3v) is 4.47. The fourth-order valence-corrected chi connectivity index (χ4v) is 2.93. The molecule has 8 nitrogen and oxygen atoms in total. The third kappa shape index (κ3) is 5.56. The largest absolute Gasteiger partial charge is 0.465 e. The Balaban J connectivity index is 3.73. The molecule has 0 saturated carbocycles. The smallest absolute Gasteiger partial charge is 0.339 e. The van der Waals surface area contributed by atoms with E-state index in [1.165, 1.54) is 6.07 Å². The lowest BCUT2D eigenvalue weighted by molar-refractivity contribution is 0.0520. The number of carbonyl (C=O) groups excluding carboxylic acids is 4. The van der Waals surface area contributed by atoms with Gasteiger partial charge in [-0.3, -0.25) is 0 Å². The molecule has 0 aromatic heterocycles. The topological polar surface area (TPSA) is 105 Å². The van der Waals surface area contributed by atoms with Crippen LogP contribution in [0.2, 0.25) is 0 Å². The zero-order valence-corrected chi connectivity index (χ0v) is 17.7. The van der Waals surface area contributed by atoms with Crippen LogP contribution in [0, 0.1) is 0 Å². The van der Waals surface area contributed by atoms with E-state index in [1.807, 2.05) is 0 Å². The number of hydrogen-bond donors (Lipinski definition) is 0. The highest BCUT2D eigenvalue weighted by Crippen LogP contribution is 2.28. The van der Waals surface area contributed by atoms with Crippen molar-refractivity contribution in [2.45, 2.75) is 25.7 Å². The molecule has 0 bridgehead atoms. The van der Waals surface area contributed by atoms with Crippen molar-refractivity contribution in [1.82, 2.24) is 0 Å². The fourth-order valence-electron chi connectivity index (χ4n) is 2.93. The van der Waals surface area contributed by atoms with Crippen LogP contribution in [0.5, 0.6) is 0 Å². The molecular formula is C22H26O8. The maximum Gasteiger partial charge on any atom is 0.339 e. The molecule has 0 heterocycles. The predicted octanol–water partition coefficient (Wildman–Crippen LogP) is 3.29. The Morgan fingerprint density at radius 1 is 0.800 bits per heavy atom. The van der Waals surface area contributed by atoms with Crippen molar-refractivity contribution in [1.29, 1.82) is 0 Å². The number of methoxy groups -OCH3 is 4. The van der Waals surface area contributed by atoms with Crippen LogP contribution in [0.4, 0.5) is 0 Å². The number of esters is 4. The molecule has 0 fully saturated rings. The van der Waals surface area contributed by atoms with E-state index in [-0.39, 0.29) is 11.1 Å². The average Bonchev–Trinajstić information content (AvgIpc) is 2.78. The molecule has 1 aromatic carbocycles. The van der Waals surface area contributed by atoms with E-state index in [0.29, 0.717) is 24.8 Å². The van der Waals surface area contributed by atoms with Gasteiger partial charge in [-0.2, -0.15) is 0 Å². The Morgan fingerprint density at radius 3 is 1.80 bits per heavy atom. The van der Waals surface area contributed by atoms with Crippen molar-refractivity contribution in [2.24, 2.45) is 0 Å². The molecule has 0 aliphatic rings. The van der Waals surface area contributed by atoms with Crippen LogP contribution in [-0.2, 0) is 25.4 Å². The molecule has 0 aliphatic carbocycles. The number of allylic oxidation sites excluding steroid dienone is 2. The highest BCUT2D eigenvalue weighted by atomic mass is 16.5. The molecule has 0 N–H and O–H groups in total. The number of benzene rings is 1. The number of unbranched alkanes of at least 4 members (excludes halogenated alkanes) is 1. The number of hydrogen-bond acceptors (Lipinski definition) is 8. The summed E-state index contributed by atoms with van der Waals surface area (Å²) < 4.78 is 19.1. The van der Waals surface area contributed by atoms with Crippen LogP contribution in [0.3, 0.4) is 0 Å². The van der Waals surface area contributed by atoms with E-state index >= 15 is 0 Å². The van der Waals surface area contributed by atoms with E-state index in [9.17, 15) is 19.2 Å². The molecular weight excluding hydrogens is 392 g/mol. The molecule has 30 heavy (non-hydrogen) atoms. The second-order valence-electron chi connectivity index (χ2n) is 6.24. The summed E-state index contributed by atoms with van der Waals surface area (Å²) in [6.07, 6.45) is 4.02. The van der Waals surface area contributed by atoms with Crippen LogP contribution < -0.4 is 0 Å². The Hall–Kier alpha value is -3.42. The van der Waals surface area contributed by atoms with Gasteiger partial charge in [0, 0.05) is 0 Å². The summed E-state index contributed by atoms with van der Waals surface area (Å²) >= 11 is 0. The summed E-state index contributed by atoms with van der Waals surface area (Å²) in [7, 11) is 4.46. The van der Waals surface area contributed by atoms with Gasteiger partial charge < -0.3 is 18.9 Å². The summed E-state index contributed by atoms with van der Waals surface area (Å²) in [4.78, 5) is 49.9. The first kappa shape index (κ1) is 24.6. The summed E-state index contributed by atoms with van der Waals surface area (Å²) in [6.45, 7) is 7.50. The highest BCUT2D eigenvalue weighted by Gasteiger charge is 2.34. The molecule has 0 unspecified atom stereocenters. The van der Waals surface area contributed by atoms with Crippen molar-refractivity contribution in [3.05, 3.63) is 58.7 Å². The summed E-state index contributed by atoms with van der Waals surface area (Å²) in [5.74, 6) is -3.68. The lowest BCUT2D eigenvalue weighted by Gasteiger charge is -2.18. The van der Waals surface area contributed by atoms with Crippen LogP contribution in [-0.4, -0.2) is 52.3 Å². The van der Waals surface area contributed by atoms with Crippen LogP contribution in [0.15, 0.2) is 30.9 Å². The van der Waals surface area contributed by atoms with E-state index < -0.39 is 35.0 Å². The molecule has 1 aromatic rings. The highest BCUT2D eigenvalue weighted by molar-refractivity contribution is 6.15. The number of ether oxygens (including phenoxy) is 4. The maximum atomic E-state index is 12.6. The first-order chi connectivity index (χ1) is 14.3. The van der Waals surface area contributed by atoms with Gasteiger partial charge in [0.05, 0.1) is 50.7 Å². The lowest BCUT2D eigenvalue weighted by Crippen LogP contribution is -2.24. The average molecular weight is 418 g/mol. The summed E-state index contributed by atoms with van der Waals surface area (Å²) in [5, 5.41) is 0. The number of aryl methyl sites for hydroxylation is 1. The van der Waals surface area contributed by atoms with Crippen molar-refractivity contribution < 1.29 is 38.1 Å². The molecule has 0 amide bonds. The van der Waals surface area contributed by atoms with Gasteiger partial charge in [-0.05, 0) is 37.3 Å². The molecule has 8 heteroatoms. The molecule has 1 rings (SSSR count). The number of rotatable bonds is 10. The van der Waals surface area contributed by atoms with E-state index in [4.69, 9.17) is 18.9 Å². The van der Waals surface area contributed by atoms with Gasteiger partial charge in [-0.1, -0.05) is 24.8 Å². The quantitative estimate of drug-likeness (QED) is 0.247. The van der Waals surface area contributed by atoms with Crippen LogP contribution in [0.1, 0.15) is 66.3 Å². The Kier molecular flexibility index (Phi) is 9.48. The molecule has 0 atom stereocenters. The minimum Gasteiger partial charge on any atom is -0.465 e. The Morgan fingerprint density at radius 2 is 1.30 bits per heavy atom. The summed E-state index contributed by atoms with van der Waals surface area (Å²) in [5.41, 5.74) is 0.0436.